The number of hydrogen-bond donors (Lipinski definition) is 1. The van der Waals surface area contributed by atoms with Crippen LogP contribution in [-0.2, 0) is 0 Å². The zero-order chi connectivity index (χ0) is 14.7. The largest absolute Gasteiger partial charge is 0.398 e. The van der Waals surface area contributed by atoms with Gasteiger partial charge in [-0.2, -0.15) is 0 Å². The molecule has 0 amide bonds. The van der Waals surface area contributed by atoms with Gasteiger partial charge in [0.05, 0.1) is 0 Å². The van der Waals surface area contributed by atoms with Crippen LogP contribution in [-0.4, -0.2) is 6.26 Å². The van der Waals surface area contributed by atoms with Gasteiger partial charge in [-0.1, -0.05) is 60.7 Å². The van der Waals surface area contributed by atoms with Crippen molar-refractivity contribution >= 4 is 17.4 Å². The molecule has 0 fully saturated rings. The van der Waals surface area contributed by atoms with Crippen LogP contribution in [0.25, 0.3) is 22.3 Å². The molecule has 0 aliphatic rings. The predicted octanol–water partition coefficient (Wildman–Crippen LogP) is 5.32. The summed E-state index contributed by atoms with van der Waals surface area (Å²) in [4.78, 5) is 1.12. The number of nitrogen functional groups attached to an aromatic ring is 1. The summed E-state index contributed by atoms with van der Waals surface area (Å²) in [7, 11) is 0. The summed E-state index contributed by atoms with van der Waals surface area (Å²) in [5, 5.41) is 0. The summed E-state index contributed by atoms with van der Waals surface area (Å²) in [5.41, 5.74) is 11.7. The van der Waals surface area contributed by atoms with Gasteiger partial charge >= 0.3 is 0 Å². The number of rotatable bonds is 3. The number of nitrogens with two attached hydrogens (primary N) is 1. The second-order valence-electron chi connectivity index (χ2n) is 4.90. The molecule has 0 atom stereocenters. The zero-order valence-electron chi connectivity index (χ0n) is 11.9. The third-order valence-corrected chi connectivity index (χ3v) is 4.35. The average molecular weight is 291 g/mol. The van der Waals surface area contributed by atoms with E-state index >= 15 is 0 Å². The lowest BCUT2D eigenvalue weighted by Gasteiger charge is -2.08. The first-order chi connectivity index (χ1) is 10.3. The number of thioether (sulfide) groups is 1. The Hall–Kier alpha value is -2.19. The standard InChI is InChI=1S/C19H17NS/c1-21-19-13-17(11-12-18(19)20)16-9-7-15(8-10-16)14-5-3-2-4-6-14/h2-13H,20H2,1H3. The summed E-state index contributed by atoms with van der Waals surface area (Å²) >= 11 is 1.68. The molecule has 21 heavy (non-hydrogen) atoms. The second kappa shape index (κ2) is 6.06. The van der Waals surface area contributed by atoms with Crippen LogP contribution in [0, 0.1) is 0 Å². The lowest BCUT2D eigenvalue weighted by atomic mass is 10.0. The van der Waals surface area contributed by atoms with Crippen LogP contribution in [0.2, 0.25) is 0 Å². The maximum Gasteiger partial charge on any atom is 0.0452 e. The van der Waals surface area contributed by atoms with E-state index in [1.165, 1.54) is 22.3 Å². The highest BCUT2D eigenvalue weighted by Gasteiger charge is 2.03. The Labute approximate surface area is 129 Å². The first kappa shape index (κ1) is 13.8. The van der Waals surface area contributed by atoms with E-state index in [2.05, 4.69) is 60.7 Å². The van der Waals surface area contributed by atoms with Gasteiger partial charge < -0.3 is 5.73 Å². The summed E-state index contributed by atoms with van der Waals surface area (Å²) in [6.07, 6.45) is 2.05. The van der Waals surface area contributed by atoms with Gasteiger partial charge in [0.2, 0.25) is 0 Å². The van der Waals surface area contributed by atoms with E-state index in [0.717, 1.165) is 10.6 Å². The van der Waals surface area contributed by atoms with Crippen LogP contribution in [0.5, 0.6) is 0 Å². The van der Waals surface area contributed by atoms with Crippen molar-refractivity contribution in [3.63, 3.8) is 0 Å². The molecular formula is C19H17NS. The molecule has 2 N–H and O–H groups in total. The molecule has 0 saturated carbocycles. The molecule has 0 bridgehead atoms. The van der Waals surface area contributed by atoms with Crippen molar-refractivity contribution in [1.82, 2.24) is 0 Å². The molecule has 0 saturated heterocycles. The van der Waals surface area contributed by atoms with Gasteiger partial charge in [0.1, 0.15) is 0 Å². The van der Waals surface area contributed by atoms with Crippen LogP contribution < -0.4 is 5.73 Å². The molecule has 0 heterocycles. The maximum absolute atomic E-state index is 5.96. The Morgan fingerprint density at radius 3 is 1.81 bits per heavy atom. The fraction of sp³-hybridized carbons (Fsp3) is 0.0526. The van der Waals surface area contributed by atoms with Gasteiger partial charge in [-0.15, -0.1) is 11.8 Å². The topological polar surface area (TPSA) is 26.0 Å². The van der Waals surface area contributed by atoms with Gasteiger partial charge in [-0.05, 0) is 40.6 Å². The van der Waals surface area contributed by atoms with Gasteiger partial charge in [0, 0.05) is 10.6 Å². The molecule has 1 nitrogen and oxygen atoms in total. The monoisotopic (exact) mass is 291 g/mol. The molecule has 104 valence electrons. The summed E-state index contributed by atoms with van der Waals surface area (Å²) in [6.45, 7) is 0. The van der Waals surface area contributed by atoms with Crippen molar-refractivity contribution in [2.24, 2.45) is 0 Å². The quantitative estimate of drug-likeness (QED) is 0.521. The highest BCUT2D eigenvalue weighted by atomic mass is 32.2. The first-order valence-electron chi connectivity index (χ1n) is 6.87. The van der Waals surface area contributed by atoms with Crippen molar-refractivity contribution in [3.05, 3.63) is 72.8 Å². The molecule has 3 aromatic carbocycles. The molecular weight excluding hydrogens is 274 g/mol. The van der Waals surface area contributed by atoms with Gasteiger partial charge in [-0.3, -0.25) is 0 Å². The highest BCUT2D eigenvalue weighted by Crippen LogP contribution is 2.30. The Morgan fingerprint density at radius 1 is 0.667 bits per heavy atom. The maximum atomic E-state index is 5.96. The van der Waals surface area contributed by atoms with Crippen LogP contribution in [0.4, 0.5) is 5.69 Å². The van der Waals surface area contributed by atoms with E-state index in [1.54, 1.807) is 11.8 Å². The second-order valence-corrected chi connectivity index (χ2v) is 5.75. The van der Waals surface area contributed by atoms with E-state index < -0.39 is 0 Å². The molecule has 3 rings (SSSR count). The summed E-state index contributed by atoms with van der Waals surface area (Å²) in [5.74, 6) is 0. The fourth-order valence-electron chi connectivity index (χ4n) is 2.38. The minimum absolute atomic E-state index is 0.840. The average Bonchev–Trinajstić information content (AvgIpc) is 2.56. The van der Waals surface area contributed by atoms with Crippen molar-refractivity contribution in [2.45, 2.75) is 4.90 Å². The smallest absolute Gasteiger partial charge is 0.0452 e. The molecule has 3 aromatic rings. The SMILES string of the molecule is CSc1cc(-c2ccc(-c3ccccc3)cc2)ccc1N. The molecule has 0 spiro atoms. The van der Waals surface area contributed by atoms with E-state index in [4.69, 9.17) is 5.73 Å². The Bertz CT molecular complexity index is 733. The Balaban J connectivity index is 1.94. The molecule has 2 heteroatoms. The van der Waals surface area contributed by atoms with Gasteiger partial charge in [-0.25, -0.2) is 0 Å². The van der Waals surface area contributed by atoms with Crippen molar-refractivity contribution < 1.29 is 0 Å². The highest BCUT2D eigenvalue weighted by molar-refractivity contribution is 7.98. The minimum Gasteiger partial charge on any atom is -0.398 e. The predicted molar refractivity (Wildman–Crippen MR) is 93.5 cm³/mol. The Kier molecular flexibility index (Phi) is 3.98. The van der Waals surface area contributed by atoms with Crippen molar-refractivity contribution in [2.75, 3.05) is 12.0 Å². The van der Waals surface area contributed by atoms with Crippen LogP contribution in [0.1, 0.15) is 0 Å². The zero-order valence-corrected chi connectivity index (χ0v) is 12.7. The summed E-state index contributed by atoms with van der Waals surface area (Å²) in [6, 6.07) is 25.3. The van der Waals surface area contributed by atoms with Gasteiger partial charge in [0.25, 0.3) is 0 Å². The number of hydrogen-bond acceptors (Lipinski definition) is 2. The van der Waals surface area contributed by atoms with E-state index in [9.17, 15) is 0 Å². The molecule has 0 aromatic heterocycles. The first-order valence-corrected chi connectivity index (χ1v) is 8.10. The van der Waals surface area contributed by atoms with Crippen LogP contribution in [0.15, 0.2) is 77.7 Å². The van der Waals surface area contributed by atoms with E-state index in [-0.39, 0.29) is 0 Å². The lowest BCUT2D eigenvalue weighted by Crippen LogP contribution is -1.88. The minimum atomic E-state index is 0.840. The normalized spacial score (nSPS) is 10.5. The molecule has 0 unspecified atom stereocenters. The summed E-state index contributed by atoms with van der Waals surface area (Å²) < 4.78 is 0. The molecule has 0 radical (unpaired) electrons. The Morgan fingerprint density at radius 2 is 1.19 bits per heavy atom. The van der Waals surface area contributed by atoms with E-state index in [1.807, 2.05) is 18.4 Å². The van der Waals surface area contributed by atoms with E-state index in [0.29, 0.717) is 0 Å². The van der Waals surface area contributed by atoms with Crippen molar-refractivity contribution in [1.29, 1.82) is 0 Å². The lowest BCUT2D eigenvalue weighted by molar-refractivity contribution is 1.46. The third kappa shape index (κ3) is 2.96. The van der Waals surface area contributed by atoms with Crippen LogP contribution in [0.3, 0.4) is 0 Å². The fourth-order valence-corrected chi connectivity index (χ4v) is 2.92. The third-order valence-electron chi connectivity index (χ3n) is 3.56. The number of benzene rings is 3. The molecule has 0 aliphatic heterocycles. The van der Waals surface area contributed by atoms with Gasteiger partial charge in [0.15, 0.2) is 0 Å². The van der Waals surface area contributed by atoms with Crippen LogP contribution >= 0.6 is 11.8 Å². The molecule has 0 aliphatic carbocycles. The van der Waals surface area contributed by atoms with Crippen molar-refractivity contribution in [3.8, 4) is 22.3 Å². The number of anilines is 1.